The van der Waals surface area contributed by atoms with Gasteiger partial charge in [0.25, 0.3) is 0 Å². The fourth-order valence-corrected chi connectivity index (χ4v) is 8.84. The van der Waals surface area contributed by atoms with Gasteiger partial charge in [-0.3, -0.25) is 0 Å². The van der Waals surface area contributed by atoms with Crippen molar-refractivity contribution in [2.75, 3.05) is 0 Å². The van der Waals surface area contributed by atoms with Gasteiger partial charge in [-0.15, -0.1) is 0 Å². The zero-order valence-electron chi connectivity index (χ0n) is 29.9. The molecular weight excluding hydrogens is 597 g/mol. The summed E-state index contributed by atoms with van der Waals surface area (Å²) in [6.45, 7) is 6.96. The smallest absolute Gasteiger partial charge is 0.249 e. The number of benzene rings is 3. The summed E-state index contributed by atoms with van der Waals surface area (Å²) in [6, 6.07) is 28.1. The molecule has 0 amide bonds. The minimum atomic E-state index is -2.08. The highest BCUT2D eigenvalue weighted by Gasteiger charge is 2.34. The van der Waals surface area contributed by atoms with Gasteiger partial charge in [0, 0.05) is 11.1 Å². The lowest BCUT2D eigenvalue weighted by molar-refractivity contribution is -0.275. The Bertz CT molecular complexity index is 1110. The molecule has 0 aromatic heterocycles. The third kappa shape index (κ3) is 17.3. The second kappa shape index (κ2) is 26.3. The summed E-state index contributed by atoms with van der Waals surface area (Å²) >= 11 is 0. The lowest BCUT2D eigenvalue weighted by Crippen LogP contribution is -2.17. The van der Waals surface area contributed by atoms with Crippen LogP contribution in [0.25, 0.3) is 0 Å². The minimum absolute atomic E-state index is 0.0776. The first-order chi connectivity index (χ1) is 23.0. The summed E-state index contributed by atoms with van der Waals surface area (Å²) in [6.07, 6.45) is 26.1. The molecule has 0 saturated carbocycles. The van der Waals surface area contributed by atoms with Crippen molar-refractivity contribution in [2.45, 2.75) is 170 Å². The molecule has 0 aliphatic heterocycles. The normalized spacial score (nSPS) is 11.0. The van der Waals surface area contributed by atoms with Gasteiger partial charge in [-0.05, 0) is 68.4 Å². The molecule has 4 heteroatoms. The third-order valence-electron chi connectivity index (χ3n) is 8.88. The average Bonchev–Trinajstić information content (AvgIpc) is 3.07. The zero-order valence-corrected chi connectivity index (χ0v) is 30.8. The topological polar surface area (TPSA) is 60.4 Å². The van der Waals surface area contributed by atoms with Crippen LogP contribution in [-0.4, -0.2) is 11.3 Å². The van der Waals surface area contributed by atoms with Crippen molar-refractivity contribution >= 4 is 17.1 Å². The Balaban J connectivity index is 0.00000181. The number of hydrogen-bond donors (Lipinski definition) is 1. The van der Waals surface area contributed by atoms with Crippen molar-refractivity contribution in [2.24, 2.45) is 0 Å². The van der Waals surface area contributed by atoms with Gasteiger partial charge in [0.2, 0.25) is 6.16 Å². The lowest BCUT2D eigenvalue weighted by atomic mass is 9.94. The van der Waals surface area contributed by atoms with Crippen molar-refractivity contribution in [3.63, 3.8) is 0 Å². The number of carbonyl (C=O) groups is 1. The zero-order chi connectivity index (χ0) is 34.0. The van der Waals surface area contributed by atoms with Crippen LogP contribution in [0.15, 0.2) is 87.5 Å². The first-order valence-corrected chi connectivity index (χ1v) is 20.1. The van der Waals surface area contributed by atoms with Crippen molar-refractivity contribution in [1.29, 1.82) is 0 Å². The predicted octanol–water partition coefficient (Wildman–Crippen LogP) is 12.4. The first-order valence-electron chi connectivity index (χ1n) is 18.9. The van der Waals surface area contributed by atoms with E-state index < -0.39 is 6.16 Å². The molecule has 0 radical (unpaired) electrons. The minimum Gasteiger partial charge on any atom is -0.565 e. The van der Waals surface area contributed by atoms with E-state index in [-0.39, 0.29) is 10.9 Å². The van der Waals surface area contributed by atoms with Gasteiger partial charge < -0.3 is 15.0 Å². The molecule has 1 N–H and O–H groups in total. The number of rotatable bonds is 24. The largest absolute Gasteiger partial charge is 0.565 e. The maximum atomic E-state index is 8.44. The van der Waals surface area contributed by atoms with E-state index in [4.69, 9.17) is 15.0 Å². The Hall–Kier alpha value is -2.72. The van der Waals surface area contributed by atoms with E-state index in [1.807, 2.05) is 0 Å². The van der Waals surface area contributed by atoms with Gasteiger partial charge in [0.05, 0.1) is 10.9 Å². The molecule has 0 unspecified atom stereocenters. The van der Waals surface area contributed by atoms with Gasteiger partial charge in [-0.1, -0.05) is 166 Å². The number of unbranched alkanes of at least 4 members (excludes halogenated alkanes) is 15. The molecule has 3 aromatic rings. The molecule has 260 valence electrons. The lowest BCUT2D eigenvalue weighted by Gasteiger charge is -2.18. The quantitative estimate of drug-likeness (QED) is 0.0768. The molecule has 0 spiro atoms. The maximum absolute atomic E-state index is 8.44. The van der Waals surface area contributed by atoms with E-state index in [0.29, 0.717) is 0 Å². The van der Waals surface area contributed by atoms with Crippen LogP contribution < -0.4 is 5.11 Å². The Labute approximate surface area is 291 Å². The third-order valence-corrected chi connectivity index (χ3v) is 11.3. The average molecular weight is 661 g/mol. The van der Waals surface area contributed by atoms with E-state index in [0.717, 1.165) is 0 Å². The van der Waals surface area contributed by atoms with Crippen molar-refractivity contribution in [3.8, 4) is 0 Å². The monoisotopic (exact) mass is 660 g/mol. The SMILES string of the molecule is CCCCCCCCc1cc(CCCCCCCC)c([S+](c2ccccc2)c2ccccc2)c(CCCCCCCC)c1.O=C([O-])O. The summed E-state index contributed by atoms with van der Waals surface area (Å²) in [5.74, 6) is 0. The van der Waals surface area contributed by atoms with Gasteiger partial charge >= 0.3 is 0 Å². The van der Waals surface area contributed by atoms with Crippen LogP contribution >= 0.6 is 0 Å². The highest BCUT2D eigenvalue weighted by atomic mass is 32.2. The van der Waals surface area contributed by atoms with E-state index in [2.05, 4.69) is 93.6 Å². The molecule has 0 bridgehead atoms. The van der Waals surface area contributed by atoms with Gasteiger partial charge in [0.1, 0.15) is 0 Å². The standard InChI is InChI=1S/C42H63S.CH2O3/c1-4-7-10-13-16-21-28-37-35-38(29-22-17-14-11-8-5-2)42(39(36-37)30-23-18-15-12-9-6-3)43(40-31-24-19-25-32-40)41-33-26-20-27-34-41;2-1(3)4/h19-20,24-27,31-36H,4-18,21-23,28-30H2,1-3H3;(H2,2,3,4)/q+1;/p-1. The summed E-state index contributed by atoms with van der Waals surface area (Å²) in [5.41, 5.74) is 4.90. The van der Waals surface area contributed by atoms with Gasteiger partial charge in [-0.25, -0.2) is 0 Å². The number of hydrogen-bond acceptors (Lipinski definition) is 2. The van der Waals surface area contributed by atoms with Crippen LogP contribution in [0, 0.1) is 0 Å². The number of carboxylic acid groups (broad SMARTS) is 2. The van der Waals surface area contributed by atoms with Crippen LogP contribution in [-0.2, 0) is 30.2 Å². The summed E-state index contributed by atoms with van der Waals surface area (Å²) in [7, 11) is -0.0776. The second-order valence-electron chi connectivity index (χ2n) is 13.0. The molecule has 0 aliphatic rings. The molecule has 0 saturated heterocycles. The maximum Gasteiger partial charge on any atom is 0.249 e. The Morgan fingerprint density at radius 3 is 1.21 bits per heavy atom. The van der Waals surface area contributed by atoms with Crippen LogP contribution in [0.4, 0.5) is 4.79 Å². The Morgan fingerprint density at radius 2 is 0.851 bits per heavy atom. The second-order valence-corrected chi connectivity index (χ2v) is 15.0. The molecule has 47 heavy (non-hydrogen) atoms. The fourth-order valence-electron chi connectivity index (χ4n) is 6.39. The molecule has 0 fully saturated rings. The van der Waals surface area contributed by atoms with Crippen LogP contribution in [0.5, 0.6) is 0 Å². The Morgan fingerprint density at radius 1 is 0.532 bits per heavy atom. The first kappa shape index (κ1) is 40.5. The van der Waals surface area contributed by atoms with E-state index in [1.165, 1.54) is 145 Å². The Kier molecular flexibility index (Phi) is 22.6. The molecular formula is C43H64O3S. The predicted molar refractivity (Wildman–Crippen MR) is 201 cm³/mol. The van der Waals surface area contributed by atoms with Gasteiger partial charge in [0.15, 0.2) is 14.7 Å². The molecule has 3 nitrogen and oxygen atoms in total. The highest BCUT2D eigenvalue weighted by Crippen LogP contribution is 2.38. The summed E-state index contributed by atoms with van der Waals surface area (Å²) < 4.78 is 0. The van der Waals surface area contributed by atoms with E-state index in [1.54, 1.807) is 21.6 Å². The fraction of sp³-hybridized carbons (Fsp3) is 0.558. The van der Waals surface area contributed by atoms with Gasteiger partial charge in [-0.2, -0.15) is 0 Å². The molecule has 3 rings (SSSR count). The van der Waals surface area contributed by atoms with Crippen molar-refractivity contribution in [3.05, 3.63) is 89.5 Å². The van der Waals surface area contributed by atoms with E-state index in [9.17, 15) is 0 Å². The number of aryl methyl sites for hydroxylation is 3. The van der Waals surface area contributed by atoms with Crippen LogP contribution in [0.3, 0.4) is 0 Å². The van der Waals surface area contributed by atoms with Crippen molar-refractivity contribution < 1.29 is 15.0 Å². The van der Waals surface area contributed by atoms with Crippen LogP contribution in [0.2, 0.25) is 0 Å². The van der Waals surface area contributed by atoms with E-state index >= 15 is 0 Å². The van der Waals surface area contributed by atoms with Crippen molar-refractivity contribution in [1.82, 2.24) is 0 Å². The summed E-state index contributed by atoms with van der Waals surface area (Å²) in [5, 5.41) is 15.3. The molecule has 3 aromatic carbocycles. The summed E-state index contributed by atoms with van der Waals surface area (Å²) in [4.78, 5) is 13.0. The molecule has 0 atom stereocenters. The highest BCUT2D eigenvalue weighted by molar-refractivity contribution is 7.97. The molecule has 0 heterocycles. The molecule has 0 aliphatic carbocycles. The van der Waals surface area contributed by atoms with Crippen LogP contribution in [0.1, 0.15) is 153 Å².